The molecule has 0 aliphatic heterocycles. The van der Waals surface area contributed by atoms with Gasteiger partial charge < -0.3 is 14.2 Å². The van der Waals surface area contributed by atoms with Crippen LogP contribution in [0.3, 0.4) is 0 Å². The molecule has 0 heterocycles. The van der Waals surface area contributed by atoms with Crippen molar-refractivity contribution in [2.24, 2.45) is 0 Å². The third-order valence-corrected chi connectivity index (χ3v) is 10.4. The largest absolute Gasteiger partial charge is 0.462 e. The third kappa shape index (κ3) is 47.5. The maximum Gasteiger partial charge on any atom is 0.306 e. The lowest BCUT2D eigenvalue weighted by atomic mass is 10.1. The number of hydrogen-bond acceptors (Lipinski definition) is 6. The van der Waals surface area contributed by atoms with E-state index in [-0.39, 0.29) is 31.1 Å². The topological polar surface area (TPSA) is 78.9 Å². The Hall–Kier alpha value is -3.41. The Balaban J connectivity index is 4.44. The Labute approximate surface area is 375 Å². The van der Waals surface area contributed by atoms with Crippen molar-refractivity contribution in [2.45, 2.75) is 232 Å². The van der Waals surface area contributed by atoms with Crippen molar-refractivity contribution in [3.8, 4) is 0 Å². The van der Waals surface area contributed by atoms with Crippen molar-refractivity contribution in [1.29, 1.82) is 0 Å². The van der Waals surface area contributed by atoms with Gasteiger partial charge in [0.25, 0.3) is 0 Å². The molecule has 0 bridgehead atoms. The predicted molar refractivity (Wildman–Crippen MR) is 261 cm³/mol. The van der Waals surface area contributed by atoms with Gasteiger partial charge in [0, 0.05) is 19.3 Å². The van der Waals surface area contributed by atoms with Crippen LogP contribution in [0.5, 0.6) is 0 Å². The molecular formula is C55H92O6. The number of unbranched alkanes of at least 4 members (excludes halogenated alkanes) is 19. The Morgan fingerprint density at radius 2 is 0.656 bits per heavy atom. The van der Waals surface area contributed by atoms with Crippen molar-refractivity contribution >= 4 is 17.9 Å². The summed E-state index contributed by atoms with van der Waals surface area (Å²) in [5.41, 5.74) is 0. The van der Waals surface area contributed by atoms with Gasteiger partial charge in [0.05, 0.1) is 0 Å². The summed E-state index contributed by atoms with van der Waals surface area (Å²) in [7, 11) is 0. The summed E-state index contributed by atoms with van der Waals surface area (Å²) in [4.78, 5) is 37.9. The Morgan fingerprint density at radius 1 is 0.344 bits per heavy atom. The van der Waals surface area contributed by atoms with Gasteiger partial charge in [-0.2, -0.15) is 0 Å². The van der Waals surface area contributed by atoms with Crippen LogP contribution in [0.1, 0.15) is 226 Å². The number of rotatable bonds is 44. The van der Waals surface area contributed by atoms with Crippen LogP contribution in [-0.2, 0) is 28.6 Å². The molecule has 0 aliphatic rings. The monoisotopic (exact) mass is 849 g/mol. The molecule has 0 saturated carbocycles. The lowest BCUT2D eigenvalue weighted by Gasteiger charge is -2.18. The van der Waals surface area contributed by atoms with Crippen LogP contribution in [0.15, 0.2) is 85.1 Å². The molecule has 61 heavy (non-hydrogen) atoms. The number of ether oxygens (including phenoxy) is 3. The lowest BCUT2D eigenvalue weighted by Crippen LogP contribution is -2.30. The molecule has 0 rings (SSSR count). The van der Waals surface area contributed by atoms with Crippen molar-refractivity contribution in [3.63, 3.8) is 0 Å². The Bertz CT molecular complexity index is 1200. The van der Waals surface area contributed by atoms with Crippen LogP contribution in [0, 0.1) is 0 Å². The molecule has 0 fully saturated rings. The van der Waals surface area contributed by atoms with Gasteiger partial charge in [-0.05, 0) is 109 Å². The molecule has 0 radical (unpaired) electrons. The lowest BCUT2D eigenvalue weighted by molar-refractivity contribution is -0.167. The van der Waals surface area contributed by atoms with Gasteiger partial charge in [-0.15, -0.1) is 0 Å². The minimum atomic E-state index is -0.796. The van der Waals surface area contributed by atoms with Gasteiger partial charge in [-0.1, -0.05) is 183 Å². The second kappa shape index (κ2) is 49.2. The highest BCUT2D eigenvalue weighted by atomic mass is 16.6. The molecule has 0 aromatic carbocycles. The Morgan fingerprint density at radius 3 is 1.07 bits per heavy atom. The molecule has 0 amide bonds. The average Bonchev–Trinajstić information content (AvgIpc) is 3.26. The highest BCUT2D eigenvalue weighted by Crippen LogP contribution is 2.13. The SMILES string of the molecule is CC/C=C\C/C=C\C/C=C\C/C=C\CCCCCCC(=O)OC[C@H](COC(=O)CCCCCCC/C=C\C/C=C\CCCCC)OC(=O)CCCCCCC/C=C\CCCC. The molecule has 0 aromatic heterocycles. The van der Waals surface area contributed by atoms with Crippen molar-refractivity contribution < 1.29 is 28.6 Å². The molecule has 348 valence electrons. The van der Waals surface area contributed by atoms with Gasteiger partial charge in [0.2, 0.25) is 0 Å². The van der Waals surface area contributed by atoms with Crippen LogP contribution in [0.25, 0.3) is 0 Å². The molecule has 0 spiro atoms. The summed E-state index contributed by atoms with van der Waals surface area (Å²) >= 11 is 0. The quantitative estimate of drug-likeness (QED) is 0.0263. The van der Waals surface area contributed by atoms with E-state index in [2.05, 4.69) is 106 Å². The summed E-state index contributed by atoms with van der Waals surface area (Å²) in [6, 6.07) is 0. The number of allylic oxidation sites excluding steroid dienone is 14. The van der Waals surface area contributed by atoms with Crippen LogP contribution in [0.2, 0.25) is 0 Å². The standard InChI is InChI=1S/C55H92O6/c1-4-7-10-13-16-19-22-24-26-27-29-31-34-36-39-42-45-48-54(57)60-51-52(61-55(58)49-46-43-40-37-32-21-18-15-12-9-6-3)50-59-53(56)47-44-41-38-35-33-30-28-25-23-20-17-14-11-8-5-2/h7,10,15-20,24-26,28-29,31,52H,4-6,8-9,11-14,21-23,27,30,32-51H2,1-3H3/b10-7-,18-15-,19-16-,20-17-,26-24-,28-25-,31-29-/t52-/m0/s1. The zero-order chi connectivity index (χ0) is 44.4. The normalized spacial score (nSPS) is 12.8. The zero-order valence-corrected chi connectivity index (χ0v) is 39.7. The van der Waals surface area contributed by atoms with Crippen LogP contribution >= 0.6 is 0 Å². The van der Waals surface area contributed by atoms with E-state index in [0.717, 1.165) is 135 Å². The fourth-order valence-electron chi connectivity index (χ4n) is 6.56. The Kier molecular flexibility index (Phi) is 46.5. The second-order valence-electron chi connectivity index (χ2n) is 16.3. The molecule has 6 heteroatoms. The summed E-state index contributed by atoms with van der Waals surface area (Å²) in [6.45, 7) is 6.41. The first-order chi connectivity index (χ1) is 30.0. The van der Waals surface area contributed by atoms with Gasteiger partial charge in [0.15, 0.2) is 6.10 Å². The predicted octanol–water partition coefficient (Wildman–Crippen LogP) is 16.4. The molecular weight excluding hydrogens is 757 g/mol. The van der Waals surface area contributed by atoms with Crippen molar-refractivity contribution in [2.75, 3.05) is 13.2 Å². The number of esters is 3. The van der Waals surface area contributed by atoms with E-state index in [0.29, 0.717) is 19.3 Å². The minimum Gasteiger partial charge on any atom is -0.462 e. The van der Waals surface area contributed by atoms with Crippen LogP contribution < -0.4 is 0 Å². The summed E-state index contributed by atoms with van der Waals surface area (Å²) in [5.74, 6) is -0.946. The van der Waals surface area contributed by atoms with E-state index in [1.807, 2.05) is 0 Å². The number of carbonyl (C=O) groups excluding carboxylic acids is 3. The molecule has 6 nitrogen and oxygen atoms in total. The fourth-order valence-corrected chi connectivity index (χ4v) is 6.56. The van der Waals surface area contributed by atoms with E-state index in [4.69, 9.17) is 14.2 Å². The molecule has 0 aromatic rings. The van der Waals surface area contributed by atoms with E-state index < -0.39 is 6.10 Å². The van der Waals surface area contributed by atoms with Gasteiger partial charge in [-0.3, -0.25) is 14.4 Å². The molecule has 0 N–H and O–H groups in total. The van der Waals surface area contributed by atoms with Gasteiger partial charge in [0.1, 0.15) is 13.2 Å². The molecule has 0 aliphatic carbocycles. The highest BCUT2D eigenvalue weighted by Gasteiger charge is 2.19. The number of hydrogen-bond donors (Lipinski definition) is 0. The first-order valence-corrected chi connectivity index (χ1v) is 25.1. The fraction of sp³-hybridized carbons (Fsp3) is 0.691. The van der Waals surface area contributed by atoms with E-state index >= 15 is 0 Å². The summed E-state index contributed by atoms with van der Waals surface area (Å²) in [5, 5.41) is 0. The smallest absolute Gasteiger partial charge is 0.306 e. The van der Waals surface area contributed by atoms with Crippen molar-refractivity contribution in [1.82, 2.24) is 0 Å². The zero-order valence-electron chi connectivity index (χ0n) is 39.7. The summed E-state index contributed by atoms with van der Waals surface area (Å²) < 4.78 is 16.7. The van der Waals surface area contributed by atoms with Gasteiger partial charge in [-0.25, -0.2) is 0 Å². The maximum absolute atomic E-state index is 12.7. The van der Waals surface area contributed by atoms with Crippen molar-refractivity contribution in [3.05, 3.63) is 85.1 Å². The summed E-state index contributed by atoms with van der Waals surface area (Å²) in [6.07, 6.45) is 62.7. The van der Waals surface area contributed by atoms with Crippen LogP contribution in [-0.4, -0.2) is 37.2 Å². The first kappa shape index (κ1) is 57.6. The first-order valence-electron chi connectivity index (χ1n) is 25.1. The third-order valence-electron chi connectivity index (χ3n) is 10.4. The minimum absolute atomic E-state index is 0.0960. The molecule has 0 saturated heterocycles. The maximum atomic E-state index is 12.7. The van der Waals surface area contributed by atoms with E-state index in [1.165, 1.54) is 51.4 Å². The number of carbonyl (C=O) groups is 3. The highest BCUT2D eigenvalue weighted by molar-refractivity contribution is 5.71. The van der Waals surface area contributed by atoms with E-state index in [1.54, 1.807) is 0 Å². The molecule has 0 unspecified atom stereocenters. The second-order valence-corrected chi connectivity index (χ2v) is 16.3. The average molecular weight is 849 g/mol. The van der Waals surface area contributed by atoms with Gasteiger partial charge >= 0.3 is 17.9 Å². The van der Waals surface area contributed by atoms with Crippen LogP contribution in [0.4, 0.5) is 0 Å². The molecule has 1 atom stereocenters. The van der Waals surface area contributed by atoms with E-state index in [9.17, 15) is 14.4 Å².